The fourth-order valence-electron chi connectivity index (χ4n) is 2.11. The smallest absolute Gasteiger partial charge is 0.277 e. The van der Waals surface area contributed by atoms with E-state index < -0.39 is 20.9 Å². The lowest BCUT2D eigenvalue weighted by molar-refractivity contribution is 0.102. The Morgan fingerprint density at radius 1 is 1.32 bits per heavy atom. The molecular weight excluding hydrogens is 442 g/mol. The van der Waals surface area contributed by atoms with Crippen molar-refractivity contribution in [3.05, 3.63) is 52.3 Å². The third-order valence-corrected chi connectivity index (χ3v) is 6.52. The van der Waals surface area contributed by atoms with Crippen LogP contribution in [0.4, 0.5) is 5.13 Å². The van der Waals surface area contributed by atoms with Gasteiger partial charge < -0.3 is 0 Å². The van der Waals surface area contributed by atoms with Crippen LogP contribution in [-0.2, 0) is 15.6 Å². The van der Waals surface area contributed by atoms with Crippen LogP contribution in [0.1, 0.15) is 21.6 Å². The molecule has 1 aromatic carbocycles. The zero-order valence-electron chi connectivity index (χ0n) is 14.7. The molecule has 146 valence electrons. The third-order valence-electron chi connectivity index (χ3n) is 3.34. The van der Waals surface area contributed by atoms with Crippen LogP contribution in [0.5, 0.6) is 0 Å². The molecule has 0 saturated heterocycles. The van der Waals surface area contributed by atoms with E-state index in [-0.39, 0.29) is 15.8 Å². The number of aryl methyl sites for hydroxylation is 1. The molecule has 0 radical (unpaired) electrons. The first-order valence-corrected chi connectivity index (χ1v) is 11.9. The van der Waals surface area contributed by atoms with Crippen LogP contribution in [0.15, 0.2) is 40.0 Å². The molecule has 2 aromatic heterocycles. The van der Waals surface area contributed by atoms with Crippen LogP contribution >= 0.6 is 34.7 Å². The molecule has 0 atom stereocenters. The summed E-state index contributed by atoms with van der Waals surface area (Å²) in [5.41, 5.74) is 2.09. The Morgan fingerprint density at radius 2 is 2.11 bits per heavy atom. The highest BCUT2D eigenvalue weighted by Gasteiger charge is 2.20. The summed E-state index contributed by atoms with van der Waals surface area (Å²) >= 11 is 8.62. The minimum absolute atomic E-state index is 0.0662. The molecule has 28 heavy (non-hydrogen) atoms. The Hall–Kier alpha value is -2.08. The highest BCUT2D eigenvalue weighted by Crippen LogP contribution is 2.29. The maximum Gasteiger partial charge on any atom is 0.277 e. The van der Waals surface area contributed by atoms with Gasteiger partial charge in [-0.05, 0) is 12.5 Å². The maximum absolute atomic E-state index is 12.4. The largest absolute Gasteiger partial charge is 0.295 e. The van der Waals surface area contributed by atoms with Crippen LogP contribution in [0, 0.1) is 6.92 Å². The van der Waals surface area contributed by atoms with Crippen LogP contribution in [0.25, 0.3) is 0 Å². The molecule has 0 fully saturated rings. The van der Waals surface area contributed by atoms with Crippen LogP contribution in [0.3, 0.4) is 0 Å². The van der Waals surface area contributed by atoms with Gasteiger partial charge in [0.25, 0.3) is 5.91 Å². The summed E-state index contributed by atoms with van der Waals surface area (Å²) in [5, 5.41) is 10.2. The van der Waals surface area contributed by atoms with Gasteiger partial charge in [0, 0.05) is 12.0 Å². The third kappa shape index (κ3) is 5.25. The second kappa shape index (κ2) is 8.52. The number of carbonyl (C=O) groups is 1. The molecule has 12 heteroatoms. The van der Waals surface area contributed by atoms with Crippen molar-refractivity contribution in [1.82, 2.24) is 20.2 Å². The Kier molecular flexibility index (Phi) is 6.28. The fourth-order valence-corrected chi connectivity index (χ4v) is 4.48. The number of benzene rings is 1. The van der Waals surface area contributed by atoms with Gasteiger partial charge in [-0.25, -0.2) is 18.4 Å². The SMILES string of the molecule is Cc1cccc(CSc2nnc(NC(=O)c3nc(S(C)(=O)=O)ncc3Cl)s2)c1. The molecule has 0 aliphatic carbocycles. The minimum atomic E-state index is -3.67. The Bertz CT molecular complexity index is 1130. The highest BCUT2D eigenvalue weighted by molar-refractivity contribution is 8.00. The van der Waals surface area contributed by atoms with Gasteiger partial charge in [-0.1, -0.05) is 64.5 Å². The van der Waals surface area contributed by atoms with Gasteiger partial charge in [0.1, 0.15) is 0 Å². The van der Waals surface area contributed by atoms with Crippen molar-refractivity contribution in [1.29, 1.82) is 0 Å². The predicted octanol–water partition coefficient (Wildman–Crippen LogP) is 3.24. The van der Waals surface area contributed by atoms with E-state index in [1.807, 2.05) is 25.1 Å². The zero-order valence-corrected chi connectivity index (χ0v) is 17.9. The molecule has 2 heterocycles. The first kappa shape index (κ1) is 20.6. The molecule has 3 rings (SSSR count). The number of anilines is 1. The molecule has 0 bridgehead atoms. The van der Waals surface area contributed by atoms with E-state index >= 15 is 0 Å². The second-order valence-electron chi connectivity index (χ2n) is 5.73. The van der Waals surface area contributed by atoms with Gasteiger partial charge in [-0.3, -0.25) is 10.1 Å². The first-order chi connectivity index (χ1) is 13.2. The Balaban J connectivity index is 1.69. The number of rotatable bonds is 6. The summed E-state index contributed by atoms with van der Waals surface area (Å²) in [6.07, 6.45) is 2.02. The lowest BCUT2D eigenvalue weighted by Crippen LogP contribution is -2.17. The summed E-state index contributed by atoms with van der Waals surface area (Å²) in [6.45, 7) is 2.03. The van der Waals surface area contributed by atoms with Crippen molar-refractivity contribution in [3.8, 4) is 0 Å². The maximum atomic E-state index is 12.4. The normalized spacial score (nSPS) is 11.4. The van der Waals surface area contributed by atoms with Crippen molar-refractivity contribution < 1.29 is 13.2 Å². The number of amides is 1. The molecule has 0 saturated carbocycles. The number of nitrogens with one attached hydrogen (secondary N) is 1. The van der Waals surface area contributed by atoms with E-state index in [1.54, 1.807) is 0 Å². The molecule has 1 N–H and O–H groups in total. The fraction of sp³-hybridized carbons (Fsp3) is 0.188. The number of thioether (sulfide) groups is 1. The van der Waals surface area contributed by atoms with Crippen LogP contribution in [0.2, 0.25) is 5.02 Å². The number of hydrogen-bond acceptors (Lipinski definition) is 9. The molecule has 3 aromatic rings. The molecule has 0 aliphatic rings. The lowest BCUT2D eigenvalue weighted by atomic mass is 10.2. The van der Waals surface area contributed by atoms with Gasteiger partial charge >= 0.3 is 0 Å². The summed E-state index contributed by atoms with van der Waals surface area (Å²) in [4.78, 5) is 19.8. The minimum Gasteiger partial charge on any atom is -0.295 e. The van der Waals surface area contributed by atoms with E-state index in [1.165, 1.54) is 28.7 Å². The number of halogens is 1. The molecular formula is C16H14ClN5O3S3. The average molecular weight is 456 g/mol. The van der Waals surface area contributed by atoms with Gasteiger partial charge in [-0.15, -0.1) is 10.2 Å². The molecule has 1 amide bonds. The topological polar surface area (TPSA) is 115 Å². The summed E-state index contributed by atoms with van der Waals surface area (Å²) < 4.78 is 23.8. The standard InChI is InChI=1S/C16H14ClN5O3S3/c1-9-4-3-5-10(6-9)8-26-16-22-21-14(27-16)20-13(23)12-11(17)7-18-15(19-12)28(2,24)25/h3-7H,8H2,1-2H3,(H,20,21,23). The first-order valence-electron chi connectivity index (χ1n) is 7.78. The number of hydrogen-bond donors (Lipinski definition) is 1. The van der Waals surface area contributed by atoms with Crippen molar-refractivity contribution in [2.45, 2.75) is 22.2 Å². The monoisotopic (exact) mass is 455 g/mol. The van der Waals surface area contributed by atoms with E-state index in [2.05, 4.69) is 31.5 Å². The number of carbonyl (C=O) groups excluding carboxylic acids is 1. The second-order valence-corrected chi connectivity index (χ2v) is 10.2. The lowest BCUT2D eigenvalue weighted by Gasteiger charge is -2.04. The summed E-state index contributed by atoms with van der Waals surface area (Å²) in [7, 11) is -3.67. The van der Waals surface area contributed by atoms with Crippen molar-refractivity contribution in [2.24, 2.45) is 0 Å². The summed E-state index contributed by atoms with van der Waals surface area (Å²) in [6, 6.07) is 8.14. The highest BCUT2D eigenvalue weighted by atomic mass is 35.5. The van der Waals surface area contributed by atoms with Gasteiger partial charge in [-0.2, -0.15) is 0 Å². The van der Waals surface area contributed by atoms with Crippen LogP contribution in [-0.4, -0.2) is 40.7 Å². The summed E-state index contributed by atoms with van der Waals surface area (Å²) in [5.74, 6) is 0.0309. The number of sulfone groups is 1. The van der Waals surface area contributed by atoms with E-state index in [4.69, 9.17) is 11.6 Å². The molecule has 0 spiro atoms. The predicted molar refractivity (Wildman–Crippen MR) is 109 cm³/mol. The molecule has 0 aliphatic heterocycles. The Labute approximate surface area is 174 Å². The number of nitrogens with zero attached hydrogens (tertiary/aromatic N) is 4. The van der Waals surface area contributed by atoms with Gasteiger partial charge in [0.05, 0.1) is 11.2 Å². The zero-order chi connectivity index (χ0) is 20.3. The van der Waals surface area contributed by atoms with Crippen LogP contribution < -0.4 is 5.32 Å². The van der Waals surface area contributed by atoms with E-state index in [0.717, 1.165) is 23.8 Å². The van der Waals surface area contributed by atoms with Crippen molar-refractivity contribution in [3.63, 3.8) is 0 Å². The van der Waals surface area contributed by atoms with E-state index in [0.29, 0.717) is 4.34 Å². The average Bonchev–Trinajstić information content (AvgIpc) is 3.06. The molecule has 0 unspecified atom stereocenters. The Morgan fingerprint density at radius 3 is 2.82 bits per heavy atom. The number of aromatic nitrogens is 4. The van der Waals surface area contributed by atoms with Gasteiger partial charge in [0.15, 0.2) is 10.0 Å². The van der Waals surface area contributed by atoms with Crippen molar-refractivity contribution >= 4 is 55.6 Å². The molecule has 8 nitrogen and oxygen atoms in total. The van der Waals surface area contributed by atoms with Crippen molar-refractivity contribution in [2.75, 3.05) is 11.6 Å². The van der Waals surface area contributed by atoms with E-state index in [9.17, 15) is 13.2 Å². The quantitative estimate of drug-likeness (QED) is 0.342. The van der Waals surface area contributed by atoms with Gasteiger partial charge in [0.2, 0.25) is 20.1 Å².